The molecule has 4 nitrogen and oxygen atoms in total. The summed E-state index contributed by atoms with van der Waals surface area (Å²) >= 11 is 0. The van der Waals surface area contributed by atoms with Gasteiger partial charge in [0.05, 0.1) is 5.69 Å². The summed E-state index contributed by atoms with van der Waals surface area (Å²) < 4.78 is 0. The molecule has 0 radical (unpaired) electrons. The van der Waals surface area contributed by atoms with Crippen molar-refractivity contribution >= 4 is 23.1 Å². The van der Waals surface area contributed by atoms with Gasteiger partial charge < -0.3 is 10.0 Å². The maximum Gasteiger partial charge on any atom is 0.314 e. The van der Waals surface area contributed by atoms with Gasteiger partial charge in [-0.3, -0.25) is 9.59 Å². The zero-order valence-electron chi connectivity index (χ0n) is 12.3. The third-order valence-electron chi connectivity index (χ3n) is 4.06. The van der Waals surface area contributed by atoms with Crippen molar-refractivity contribution in [3.8, 4) is 0 Å². The van der Waals surface area contributed by atoms with Gasteiger partial charge in [-0.25, -0.2) is 0 Å². The topological polar surface area (TPSA) is 57.6 Å². The van der Waals surface area contributed by atoms with E-state index >= 15 is 0 Å². The van der Waals surface area contributed by atoms with E-state index in [0.717, 1.165) is 16.9 Å². The Hall–Kier alpha value is -2.62. The fourth-order valence-electron chi connectivity index (χ4n) is 2.84. The maximum atomic E-state index is 12.5. The van der Waals surface area contributed by atoms with Crippen LogP contribution in [0.1, 0.15) is 22.3 Å². The fraction of sp³-hybridized carbons (Fsp3) is 0.222. The summed E-state index contributed by atoms with van der Waals surface area (Å²) in [6.45, 7) is 2.52. The Kier molecular flexibility index (Phi) is 3.67. The largest absolute Gasteiger partial charge is 0.481 e. The zero-order valence-corrected chi connectivity index (χ0v) is 12.3. The molecule has 1 unspecified atom stereocenters. The number of para-hydroxylation sites is 1. The second-order valence-electron chi connectivity index (χ2n) is 5.55. The number of carbonyl (C=O) groups excluding carboxylic acids is 1. The lowest BCUT2D eigenvalue weighted by molar-refractivity contribution is -0.140. The van der Waals surface area contributed by atoms with E-state index in [1.165, 1.54) is 0 Å². The number of nitrogens with zero attached hydrogens (tertiary/aromatic N) is 1. The van der Waals surface area contributed by atoms with Crippen molar-refractivity contribution in [2.24, 2.45) is 5.92 Å². The van der Waals surface area contributed by atoms with Crippen molar-refractivity contribution in [3.05, 3.63) is 59.7 Å². The van der Waals surface area contributed by atoms with Crippen molar-refractivity contribution in [1.82, 2.24) is 0 Å². The molecule has 0 amide bonds. The van der Waals surface area contributed by atoms with Gasteiger partial charge >= 0.3 is 5.97 Å². The Morgan fingerprint density at radius 3 is 2.50 bits per heavy atom. The van der Waals surface area contributed by atoms with Gasteiger partial charge in [-0.1, -0.05) is 29.8 Å². The summed E-state index contributed by atoms with van der Waals surface area (Å²) in [6.07, 6.45) is 0.302. The van der Waals surface area contributed by atoms with E-state index in [4.69, 9.17) is 0 Å². The fourth-order valence-corrected chi connectivity index (χ4v) is 2.84. The molecule has 3 rings (SSSR count). The Morgan fingerprint density at radius 2 is 1.82 bits per heavy atom. The summed E-state index contributed by atoms with van der Waals surface area (Å²) in [4.78, 5) is 25.9. The van der Waals surface area contributed by atoms with Gasteiger partial charge in [0.1, 0.15) is 5.92 Å². The summed E-state index contributed by atoms with van der Waals surface area (Å²) in [7, 11) is 0. The van der Waals surface area contributed by atoms with Crippen molar-refractivity contribution in [2.45, 2.75) is 13.3 Å². The van der Waals surface area contributed by atoms with E-state index in [1.807, 2.05) is 48.2 Å². The highest BCUT2D eigenvalue weighted by atomic mass is 16.4. The Morgan fingerprint density at radius 1 is 1.14 bits per heavy atom. The molecule has 0 spiro atoms. The molecular weight excluding hydrogens is 278 g/mol. The Balaban J connectivity index is 2.09. The third-order valence-corrected chi connectivity index (χ3v) is 4.06. The first-order chi connectivity index (χ1) is 10.6. The van der Waals surface area contributed by atoms with Crippen LogP contribution in [-0.2, 0) is 4.79 Å². The number of ketones is 1. The van der Waals surface area contributed by atoms with Crippen molar-refractivity contribution in [1.29, 1.82) is 0 Å². The molecule has 2 aromatic rings. The number of benzene rings is 2. The van der Waals surface area contributed by atoms with Crippen LogP contribution >= 0.6 is 0 Å². The lowest BCUT2D eigenvalue weighted by atomic mass is 9.95. The average molecular weight is 295 g/mol. The van der Waals surface area contributed by atoms with Gasteiger partial charge in [-0.2, -0.15) is 0 Å². The van der Waals surface area contributed by atoms with Gasteiger partial charge in [0.25, 0.3) is 0 Å². The summed E-state index contributed by atoms with van der Waals surface area (Å²) in [6, 6.07) is 15.2. The molecule has 0 aliphatic carbocycles. The zero-order chi connectivity index (χ0) is 15.7. The smallest absolute Gasteiger partial charge is 0.314 e. The van der Waals surface area contributed by atoms with E-state index < -0.39 is 11.9 Å². The number of aliphatic carboxylic acids is 1. The van der Waals surface area contributed by atoms with Crippen LogP contribution in [0.2, 0.25) is 0 Å². The minimum absolute atomic E-state index is 0.302. The number of fused-ring (bicyclic) bond motifs is 1. The third kappa shape index (κ3) is 2.48. The molecule has 0 saturated heterocycles. The van der Waals surface area contributed by atoms with Crippen LogP contribution < -0.4 is 4.90 Å². The molecule has 4 heteroatoms. The van der Waals surface area contributed by atoms with Crippen LogP contribution in [0.15, 0.2) is 48.5 Å². The number of Topliss-reactive ketones (excluding diaryl/α,β-unsaturated/α-hetero) is 1. The van der Waals surface area contributed by atoms with E-state index in [9.17, 15) is 14.7 Å². The first kappa shape index (κ1) is 14.3. The number of carbonyl (C=O) groups is 2. The van der Waals surface area contributed by atoms with Gasteiger partial charge in [0.2, 0.25) is 0 Å². The SMILES string of the molecule is Cc1ccc(N2CCC(C(=O)O)C(=O)c3ccccc32)cc1. The number of anilines is 2. The number of hydrogen-bond acceptors (Lipinski definition) is 3. The van der Waals surface area contributed by atoms with Crippen LogP contribution in [0, 0.1) is 12.8 Å². The minimum Gasteiger partial charge on any atom is -0.481 e. The molecule has 1 heterocycles. The highest BCUT2D eigenvalue weighted by Crippen LogP contribution is 2.34. The highest BCUT2D eigenvalue weighted by Gasteiger charge is 2.33. The number of hydrogen-bond donors (Lipinski definition) is 1. The Labute approximate surface area is 129 Å². The molecule has 0 bridgehead atoms. The van der Waals surface area contributed by atoms with Gasteiger partial charge in [-0.15, -0.1) is 0 Å². The quantitative estimate of drug-likeness (QED) is 0.862. The predicted octanol–water partition coefficient (Wildman–Crippen LogP) is 3.42. The number of aryl methyl sites for hydroxylation is 1. The normalized spacial score (nSPS) is 17.8. The molecule has 0 aromatic heterocycles. The monoisotopic (exact) mass is 295 g/mol. The molecule has 22 heavy (non-hydrogen) atoms. The first-order valence-electron chi connectivity index (χ1n) is 7.28. The highest BCUT2D eigenvalue weighted by molar-refractivity contribution is 6.12. The second kappa shape index (κ2) is 5.64. The van der Waals surface area contributed by atoms with Gasteiger partial charge in [0, 0.05) is 17.8 Å². The first-order valence-corrected chi connectivity index (χ1v) is 7.28. The van der Waals surface area contributed by atoms with E-state index in [0.29, 0.717) is 18.5 Å². The van der Waals surface area contributed by atoms with Crippen LogP contribution in [0.25, 0.3) is 0 Å². The molecule has 1 aliphatic heterocycles. The van der Waals surface area contributed by atoms with E-state index in [1.54, 1.807) is 12.1 Å². The summed E-state index contributed by atoms with van der Waals surface area (Å²) in [5, 5.41) is 9.31. The number of rotatable bonds is 2. The van der Waals surface area contributed by atoms with E-state index in [-0.39, 0.29) is 5.78 Å². The van der Waals surface area contributed by atoms with Crippen molar-refractivity contribution in [2.75, 3.05) is 11.4 Å². The minimum atomic E-state index is -1.05. The maximum absolute atomic E-state index is 12.5. The van der Waals surface area contributed by atoms with Crippen LogP contribution in [0.5, 0.6) is 0 Å². The molecule has 112 valence electrons. The number of carboxylic acid groups (broad SMARTS) is 1. The average Bonchev–Trinajstić information content (AvgIpc) is 2.66. The Bertz CT molecular complexity index is 721. The molecule has 1 N–H and O–H groups in total. The summed E-state index contributed by atoms with van der Waals surface area (Å²) in [5.41, 5.74) is 3.39. The van der Waals surface area contributed by atoms with Crippen molar-refractivity contribution in [3.63, 3.8) is 0 Å². The molecule has 0 saturated carbocycles. The van der Waals surface area contributed by atoms with Gasteiger partial charge in [0.15, 0.2) is 5.78 Å². The lowest BCUT2D eigenvalue weighted by Crippen LogP contribution is -2.24. The molecule has 1 atom stereocenters. The summed E-state index contributed by atoms with van der Waals surface area (Å²) in [5.74, 6) is -2.33. The predicted molar refractivity (Wildman–Crippen MR) is 84.7 cm³/mol. The number of carboxylic acids is 1. The van der Waals surface area contributed by atoms with Crippen LogP contribution in [0.3, 0.4) is 0 Å². The van der Waals surface area contributed by atoms with E-state index in [2.05, 4.69) is 0 Å². The van der Waals surface area contributed by atoms with Crippen LogP contribution in [-0.4, -0.2) is 23.4 Å². The van der Waals surface area contributed by atoms with Crippen LogP contribution in [0.4, 0.5) is 11.4 Å². The molecule has 2 aromatic carbocycles. The molecular formula is C18H17NO3. The second-order valence-corrected chi connectivity index (χ2v) is 5.55. The standard InChI is InChI=1S/C18H17NO3/c1-12-6-8-13(9-7-12)19-11-10-15(18(21)22)17(20)14-4-2-3-5-16(14)19/h2-9,15H,10-11H2,1H3,(H,21,22). The van der Waals surface area contributed by atoms with Gasteiger partial charge in [-0.05, 0) is 37.6 Å². The lowest BCUT2D eigenvalue weighted by Gasteiger charge is -2.24. The molecule has 0 fully saturated rings. The van der Waals surface area contributed by atoms with Crippen molar-refractivity contribution < 1.29 is 14.7 Å². The molecule has 1 aliphatic rings.